The Morgan fingerprint density at radius 2 is 1.35 bits per heavy atom. The van der Waals surface area contributed by atoms with Crippen LogP contribution in [0.2, 0.25) is 0 Å². The van der Waals surface area contributed by atoms with Crippen LogP contribution in [0.1, 0.15) is 77.0 Å². The van der Waals surface area contributed by atoms with Crippen molar-refractivity contribution in [3.8, 4) is 0 Å². The molecule has 1 saturated carbocycles. The van der Waals surface area contributed by atoms with E-state index in [0.717, 1.165) is 12.6 Å². The third-order valence-electron chi connectivity index (χ3n) is 3.92. The normalized spacial score (nSPS) is 18.2. The summed E-state index contributed by atoms with van der Waals surface area (Å²) in [6.45, 7) is 2.10. The SMILES string of the molecule is NCCCCCCCCNC1CCCCCC1. The Bertz CT molecular complexity index is 151. The second kappa shape index (κ2) is 11.0. The largest absolute Gasteiger partial charge is 0.330 e. The predicted octanol–water partition coefficient (Wildman–Crippen LogP) is 3.60. The molecule has 17 heavy (non-hydrogen) atoms. The van der Waals surface area contributed by atoms with Crippen molar-refractivity contribution >= 4 is 0 Å². The molecular weight excluding hydrogens is 208 g/mol. The lowest BCUT2D eigenvalue weighted by Crippen LogP contribution is -2.29. The minimum atomic E-state index is 0.828. The molecule has 0 unspecified atom stereocenters. The van der Waals surface area contributed by atoms with Crippen LogP contribution < -0.4 is 11.1 Å². The summed E-state index contributed by atoms with van der Waals surface area (Å²) in [7, 11) is 0. The van der Waals surface area contributed by atoms with Gasteiger partial charge in [0.2, 0.25) is 0 Å². The summed E-state index contributed by atoms with van der Waals surface area (Å²) in [5, 5.41) is 3.74. The van der Waals surface area contributed by atoms with Crippen molar-refractivity contribution in [2.75, 3.05) is 13.1 Å². The third kappa shape index (κ3) is 8.62. The first kappa shape index (κ1) is 15.0. The van der Waals surface area contributed by atoms with Crippen molar-refractivity contribution in [3.05, 3.63) is 0 Å². The van der Waals surface area contributed by atoms with E-state index in [0.29, 0.717) is 0 Å². The lowest BCUT2D eigenvalue weighted by molar-refractivity contribution is 0.447. The van der Waals surface area contributed by atoms with Crippen molar-refractivity contribution < 1.29 is 0 Å². The summed E-state index contributed by atoms with van der Waals surface area (Å²) in [5.74, 6) is 0. The van der Waals surface area contributed by atoms with Crippen LogP contribution >= 0.6 is 0 Å². The van der Waals surface area contributed by atoms with E-state index < -0.39 is 0 Å². The maximum absolute atomic E-state index is 5.48. The highest BCUT2D eigenvalue weighted by Gasteiger charge is 2.10. The quantitative estimate of drug-likeness (QED) is 0.477. The van der Waals surface area contributed by atoms with Gasteiger partial charge in [0.15, 0.2) is 0 Å². The van der Waals surface area contributed by atoms with E-state index in [4.69, 9.17) is 5.73 Å². The van der Waals surface area contributed by atoms with Crippen LogP contribution in [0.25, 0.3) is 0 Å². The van der Waals surface area contributed by atoms with Crippen LogP contribution in [-0.4, -0.2) is 19.1 Å². The molecular formula is C15H32N2. The molecule has 2 heteroatoms. The van der Waals surface area contributed by atoms with Crippen molar-refractivity contribution in [2.24, 2.45) is 5.73 Å². The van der Waals surface area contributed by atoms with Gasteiger partial charge in [0.05, 0.1) is 0 Å². The van der Waals surface area contributed by atoms with Crippen molar-refractivity contribution in [3.63, 3.8) is 0 Å². The van der Waals surface area contributed by atoms with Crippen LogP contribution in [0.5, 0.6) is 0 Å². The van der Waals surface area contributed by atoms with E-state index in [1.165, 1.54) is 83.6 Å². The highest BCUT2D eigenvalue weighted by molar-refractivity contribution is 4.70. The molecule has 1 fully saturated rings. The van der Waals surface area contributed by atoms with Gasteiger partial charge in [-0.25, -0.2) is 0 Å². The number of unbranched alkanes of at least 4 members (excludes halogenated alkanes) is 5. The van der Waals surface area contributed by atoms with Gasteiger partial charge < -0.3 is 11.1 Å². The molecule has 0 aliphatic heterocycles. The molecule has 3 N–H and O–H groups in total. The lowest BCUT2D eigenvalue weighted by Gasteiger charge is -2.15. The summed E-state index contributed by atoms with van der Waals surface area (Å²) < 4.78 is 0. The first-order valence-electron chi connectivity index (χ1n) is 7.87. The minimum Gasteiger partial charge on any atom is -0.330 e. The number of rotatable bonds is 9. The molecule has 2 nitrogen and oxygen atoms in total. The maximum Gasteiger partial charge on any atom is 0.00670 e. The number of nitrogens with one attached hydrogen (secondary N) is 1. The van der Waals surface area contributed by atoms with Crippen molar-refractivity contribution in [1.29, 1.82) is 0 Å². The topological polar surface area (TPSA) is 38.0 Å². The standard InChI is InChI=1S/C15H32N2/c16-13-9-5-1-2-6-10-14-17-15-11-7-3-4-8-12-15/h15,17H,1-14,16H2. The molecule has 102 valence electrons. The summed E-state index contributed by atoms with van der Waals surface area (Å²) in [6, 6.07) is 0.828. The molecule has 1 aliphatic rings. The van der Waals surface area contributed by atoms with E-state index in [9.17, 15) is 0 Å². The van der Waals surface area contributed by atoms with Gasteiger partial charge in [0, 0.05) is 6.04 Å². The highest BCUT2D eigenvalue weighted by Crippen LogP contribution is 2.17. The summed E-state index contributed by atoms with van der Waals surface area (Å²) in [5.41, 5.74) is 5.48. The van der Waals surface area contributed by atoms with Crippen LogP contribution in [0, 0.1) is 0 Å². The smallest absolute Gasteiger partial charge is 0.00670 e. The molecule has 0 aromatic carbocycles. The fraction of sp³-hybridized carbons (Fsp3) is 1.00. The molecule has 1 rings (SSSR count). The zero-order valence-electron chi connectivity index (χ0n) is 11.6. The molecule has 1 aliphatic carbocycles. The van der Waals surface area contributed by atoms with Gasteiger partial charge in [-0.15, -0.1) is 0 Å². The van der Waals surface area contributed by atoms with E-state index in [1.54, 1.807) is 0 Å². The van der Waals surface area contributed by atoms with Crippen LogP contribution in [0.3, 0.4) is 0 Å². The molecule has 0 atom stereocenters. The summed E-state index contributed by atoms with van der Waals surface area (Å²) in [4.78, 5) is 0. The number of hydrogen-bond donors (Lipinski definition) is 2. The fourth-order valence-electron chi connectivity index (χ4n) is 2.77. The Morgan fingerprint density at radius 1 is 0.765 bits per heavy atom. The number of nitrogens with two attached hydrogens (primary N) is 1. The molecule has 0 aromatic rings. The zero-order chi connectivity index (χ0) is 12.2. The third-order valence-corrected chi connectivity index (χ3v) is 3.92. The van der Waals surface area contributed by atoms with Crippen LogP contribution in [0.15, 0.2) is 0 Å². The molecule has 0 saturated heterocycles. The Kier molecular flexibility index (Phi) is 9.72. The first-order chi connectivity index (χ1) is 8.43. The molecule has 0 bridgehead atoms. The summed E-state index contributed by atoms with van der Waals surface area (Å²) in [6.07, 6.45) is 16.7. The zero-order valence-corrected chi connectivity index (χ0v) is 11.6. The van der Waals surface area contributed by atoms with E-state index >= 15 is 0 Å². The van der Waals surface area contributed by atoms with E-state index in [1.807, 2.05) is 0 Å². The van der Waals surface area contributed by atoms with Gasteiger partial charge >= 0.3 is 0 Å². The average molecular weight is 240 g/mol. The number of hydrogen-bond acceptors (Lipinski definition) is 2. The van der Waals surface area contributed by atoms with Gasteiger partial charge in [-0.2, -0.15) is 0 Å². The van der Waals surface area contributed by atoms with Gasteiger partial charge in [-0.3, -0.25) is 0 Å². The minimum absolute atomic E-state index is 0.828. The Morgan fingerprint density at radius 3 is 2.00 bits per heavy atom. The summed E-state index contributed by atoms with van der Waals surface area (Å²) >= 11 is 0. The van der Waals surface area contributed by atoms with Gasteiger partial charge in [0.25, 0.3) is 0 Å². The van der Waals surface area contributed by atoms with Gasteiger partial charge in [-0.1, -0.05) is 51.4 Å². The molecule has 0 amide bonds. The predicted molar refractivity (Wildman–Crippen MR) is 76.2 cm³/mol. The maximum atomic E-state index is 5.48. The van der Waals surface area contributed by atoms with Crippen LogP contribution in [0.4, 0.5) is 0 Å². The molecule has 0 aromatic heterocycles. The second-order valence-corrected chi connectivity index (χ2v) is 5.55. The fourth-order valence-corrected chi connectivity index (χ4v) is 2.77. The highest BCUT2D eigenvalue weighted by atomic mass is 14.9. The Labute approximate surface area is 108 Å². The van der Waals surface area contributed by atoms with E-state index in [2.05, 4.69) is 5.32 Å². The van der Waals surface area contributed by atoms with Gasteiger partial charge in [-0.05, 0) is 38.8 Å². The molecule has 0 spiro atoms. The van der Waals surface area contributed by atoms with Crippen LogP contribution in [-0.2, 0) is 0 Å². The lowest BCUT2D eigenvalue weighted by atomic mass is 10.1. The van der Waals surface area contributed by atoms with Gasteiger partial charge in [0.1, 0.15) is 0 Å². The van der Waals surface area contributed by atoms with E-state index in [-0.39, 0.29) is 0 Å². The molecule has 0 radical (unpaired) electrons. The monoisotopic (exact) mass is 240 g/mol. The van der Waals surface area contributed by atoms with Crippen molar-refractivity contribution in [2.45, 2.75) is 83.1 Å². The molecule has 0 heterocycles. The Hall–Kier alpha value is -0.0800. The van der Waals surface area contributed by atoms with Crippen molar-refractivity contribution in [1.82, 2.24) is 5.32 Å². The first-order valence-corrected chi connectivity index (χ1v) is 7.87. The average Bonchev–Trinajstić information content (AvgIpc) is 2.61. The second-order valence-electron chi connectivity index (χ2n) is 5.55. The Balaban J connectivity index is 1.82.